The predicted molar refractivity (Wildman–Crippen MR) is 117 cm³/mol. The van der Waals surface area contributed by atoms with Crippen LogP contribution in [-0.4, -0.2) is 50.6 Å². The van der Waals surface area contributed by atoms with E-state index in [-0.39, 0.29) is 11.9 Å². The van der Waals surface area contributed by atoms with E-state index < -0.39 is 30.4 Å². The number of hydrogen-bond acceptors (Lipinski definition) is 5. The third-order valence-corrected chi connectivity index (χ3v) is 5.52. The number of carboxylic acid groups (broad SMARTS) is 1. The van der Waals surface area contributed by atoms with E-state index in [9.17, 15) is 31.9 Å². The van der Waals surface area contributed by atoms with Gasteiger partial charge in [-0.15, -0.1) is 5.10 Å². The van der Waals surface area contributed by atoms with Crippen LogP contribution in [0.2, 0.25) is 0 Å². The molecule has 36 heavy (non-hydrogen) atoms. The topological polar surface area (TPSA) is 89.7 Å². The number of carbonyl (C=O) groups is 1. The number of anilines is 1. The Hall–Kier alpha value is -3.74. The average Bonchev–Trinajstić information content (AvgIpc) is 3.29. The van der Waals surface area contributed by atoms with Crippen molar-refractivity contribution in [2.75, 3.05) is 4.90 Å². The van der Waals surface area contributed by atoms with Gasteiger partial charge in [0.2, 0.25) is 0 Å². The molecule has 0 spiro atoms. The van der Waals surface area contributed by atoms with Crippen molar-refractivity contribution in [1.82, 2.24) is 14.8 Å². The van der Waals surface area contributed by atoms with Crippen LogP contribution in [0, 0.1) is 0 Å². The molecule has 1 saturated heterocycles. The van der Waals surface area contributed by atoms with Gasteiger partial charge in [-0.25, -0.2) is 14.5 Å². The normalized spacial score (nSPS) is 18.6. The standard InChI is InChI=1S/C23H21F5N4O4/c1-14-3-2-4-19(35-14)32(21(33)34)17-7-5-15(6-8-17)20-29-13-31(30-20)16-9-11-18(12-10-16)36-23(27,28)22(24,25)26/h5-14,19H,2-4H2,1H3,(H,33,34). The van der Waals surface area contributed by atoms with Gasteiger partial charge in [-0.1, -0.05) is 0 Å². The zero-order chi connectivity index (χ0) is 26.1. The van der Waals surface area contributed by atoms with Crippen LogP contribution in [-0.2, 0) is 4.74 Å². The molecule has 2 atom stereocenters. The molecule has 3 aromatic rings. The van der Waals surface area contributed by atoms with E-state index in [1.807, 2.05) is 6.92 Å². The summed E-state index contributed by atoms with van der Waals surface area (Å²) in [4.78, 5) is 17.2. The van der Waals surface area contributed by atoms with Gasteiger partial charge in [-0.2, -0.15) is 22.0 Å². The number of hydrogen-bond donors (Lipinski definition) is 1. The average molecular weight is 512 g/mol. The van der Waals surface area contributed by atoms with E-state index in [0.29, 0.717) is 23.4 Å². The van der Waals surface area contributed by atoms with Crippen molar-refractivity contribution < 1.29 is 41.3 Å². The Morgan fingerprint density at radius 1 is 1.08 bits per heavy atom. The lowest BCUT2D eigenvalue weighted by Gasteiger charge is -2.35. The minimum atomic E-state index is -5.84. The first kappa shape index (κ1) is 25.4. The van der Waals surface area contributed by atoms with E-state index in [4.69, 9.17) is 4.74 Å². The van der Waals surface area contributed by atoms with Crippen molar-refractivity contribution >= 4 is 11.8 Å². The molecule has 2 unspecified atom stereocenters. The molecule has 2 aromatic carbocycles. The molecular weight excluding hydrogens is 491 g/mol. The number of halogens is 5. The first-order chi connectivity index (χ1) is 16.9. The number of rotatable bonds is 6. The van der Waals surface area contributed by atoms with Crippen LogP contribution >= 0.6 is 0 Å². The molecule has 0 bridgehead atoms. The summed E-state index contributed by atoms with van der Waals surface area (Å²) in [5, 5.41) is 14.0. The Morgan fingerprint density at radius 3 is 2.33 bits per heavy atom. The van der Waals surface area contributed by atoms with Crippen molar-refractivity contribution in [2.24, 2.45) is 0 Å². The van der Waals surface area contributed by atoms with Crippen LogP contribution in [0.25, 0.3) is 17.1 Å². The molecule has 0 aliphatic carbocycles. The lowest BCUT2D eigenvalue weighted by atomic mass is 10.1. The quantitative estimate of drug-likeness (QED) is 0.416. The minimum absolute atomic E-state index is 0.0419. The number of amides is 1. The number of ether oxygens (including phenoxy) is 2. The van der Waals surface area contributed by atoms with Crippen molar-refractivity contribution in [3.05, 3.63) is 54.9 Å². The number of nitrogens with zero attached hydrogens (tertiary/aromatic N) is 4. The molecule has 8 nitrogen and oxygen atoms in total. The van der Waals surface area contributed by atoms with Gasteiger partial charge in [-0.05, 0) is 74.7 Å². The summed E-state index contributed by atoms with van der Waals surface area (Å²) >= 11 is 0. The number of alkyl halides is 5. The zero-order valence-electron chi connectivity index (χ0n) is 18.8. The second-order valence-corrected chi connectivity index (χ2v) is 8.15. The van der Waals surface area contributed by atoms with Gasteiger partial charge in [0.1, 0.15) is 18.3 Å². The SMILES string of the molecule is CC1CCCC(N(C(=O)O)c2ccc(-c3ncn(-c4ccc(OC(F)(F)C(F)(F)F)cc4)n3)cc2)O1. The summed E-state index contributed by atoms with van der Waals surface area (Å²) < 4.78 is 73.9. The lowest BCUT2D eigenvalue weighted by Crippen LogP contribution is -2.44. The molecule has 1 aliphatic heterocycles. The molecule has 1 aromatic heterocycles. The van der Waals surface area contributed by atoms with Crippen LogP contribution < -0.4 is 9.64 Å². The Morgan fingerprint density at radius 2 is 1.75 bits per heavy atom. The number of benzene rings is 2. The molecule has 0 saturated carbocycles. The maximum Gasteiger partial charge on any atom is 0.499 e. The maximum absolute atomic E-state index is 13.1. The molecule has 2 heterocycles. The highest BCUT2D eigenvalue weighted by molar-refractivity contribution is 5.86. The fraction of sp³-hybridized carbons (Fsp3) is 0.348. The van der Waals surface area contributed by atoms with Crippen molar-refractivity contribution in [3.8, 4) is 22.8 Å². The predicted octanol–water partition coefficient (Wildman–Crippen LogP) is 5.87. The Labute approximate surface area is 201 Å². The Kier molecular flexibility index (Phi) is 6.85. The van der Waals surface area contributed by atoms with Gasteiger partial charge in [0.05, 0.1) is 11.8 Å². The smallest absolute Gasteiger partial charge is 0.465 e. The third-order valence-electron chi connectivity index (χ3n) is 5.52. The Balaban J connectivity index is 1.48. The largest absolute Gasteiger partial charge is 0.499 e. The highest BCUT2D eigenvalue weighted by atomic mass is 19.4. The second-order valence-electron chi connectivity index (χ2n) is 8.15. The molecular formula is C23H21F5N4O4. The van der Waals surface area contributed by atoms with Crippen LogP contribution in [0.5, 0.6) is 5.75 Å². The van der Waals surface area contributed by atoms with Gasteiger partial charge in [0.15, 0.2) is 5.82 Å². The van der Waals surface area contributed by atoms with Gasteiger partial charge in [-0.3, -0.25) is 4.90 Å². The summed E-state index contributed by atoms with van der Waals surface area (Å²) in [6.45, 7) is 1.90. The van der Waals surface area contributed by atoms with E-state index in [1.165, 1.54) is 28.0 Å². The van der Waals surface area contributed by atoms with Crippen LogP contribution in [0.3, 0.4) is 0 Å². The van der Waals surface area contributed by atoms with Gasteiger partial charge < -0.3 is 14.6 Å². The maximum atomic E-state index is 13.1. The van der Waals surface area contributed by atoms with Gasteiger partial charge in [0.25, 0.3) is 0 Å². The van der Waals surface area contributed by atoms with Gasteiger partial charge >= 0.3 is 18.4 Å². The molecule has 13 heteroatoms. The van der Waals surface area contributed by atoms with Crippen LogP contribution in [0.15, 0.2) is 54.9 Å². The lowest BCUT2D eigenvalue weighted by molar-refractivity contribution is -0.360. The van der Waals surface area contributed by atoms with E-state index in [2.05, 4.69) is 14.8 Å². The van der Waals surface area contributed by atoms with E-state index >= 15 is 0 Å². The zero-order valence-corrected chi connectivity index (χ0v) is 18.8. The van der Waals surface area contributed by atoms with E-state index in [0.717, 1.165) is 25.0 Å². The highest BCUT2D eigenvalue weighted by Gasteiger charge is 2.61. The molecule has 192 valence electrons. The molecule has 1 fully saturated rings. The van der Waals surface area contributed by atoms with Crippen LogP contribution in [0.1, 0.15) is 26.2 Å². The first-order valence-electron chi connectivity index (χ1n) is 10.9. The first-order valence-corrected chi connectivity index (χ1v) is 10.9. The summed E-state index contributed by atoms with van der Waals surface area (Å²) in [5.41, 5.74) is 1.34. The fourth-order valence-corrected chi connectivity index (χ4v) is 3.74. The van der Waals surface area contributed by atoms with Crippen molar-refractivity contribution in [1.29, 1.82) is 0 Å². The molecule has 1 amide bonds. The van der Waals surface area contributed by atoms with E-state index in [1.54, 1.807) is 24.3 Å². The fourth-order valence-electron chi connectivity index (χ4n) is 3.74. The van der Waals surface area contributed by atoms with Crippen molar-refractivity contribution in [2.45, 2.75) is 50.8 Å². The summed E-state index contributed by atoms with van der Waals surface area (Å²) in [6.07, 6.45) is -9.28. The summed E-state index contributed by atoms with van der Waals surface area (Å²) in [6, 6.07) is 10.9. The second kappa shape index (κ2) is 9.72. The third kappa shape index (κ3) is 5.40. The van der Waals surface area contributed by atoms with Crippen molar-refractivity contribution in [3.63, 3.8) is 0 Å². The molecule has 0 radical (unpaired) electrons. The minimum Gasteiger partial charge on any atom is -0.465 e. The monoisotopic (exact) mass is 512 g/mol. The summed E-state index contributed by atoms with van der Waals surface area (Å²) in [5.74, 6) is -0.383. The van der Waals surface area contributed by atoms with Crippen LogP contribution in [0.4, 0.5) is 32.4 Å². The summed E-state index contributed by atoms with van der Waals surface area (Å²) in [7, 11) is 0. The molecule has 1 N–H and O–H groups in total. The Bertz CT molecular complexity index is 1200. The molecule has 1 aliphatic rings. The number of aromatic nitrogens is 3. The molecule has 4 rings (SSSR count). The highest BCUT2D eigenvalue weighted by Crippen LogP contribution is 2.37. The van der Waals surface area contributed by atoms with Gasteiger partial charge in [0, 0.05) is 11.3 Å².